The molecule has 0 bridgehead atoms. The molecule has 1 N–H and O–H groups in total. The minimum Gasteiger partial charge on any atom is -0.493 e. The van der Waals surface area contributed by atoms with Crippen molar-refractivity contribution in [1.82, 2.24) is 25.5 Å². The molecule has 0 spiro atoms. The smallest absolute Gasteiger partial charge is 0.209 e. The van der Waals surface area contributed by atoms with Crippen LogP contribution in [0.25, 0.3) is 0 Å². The number of hydrogen-bond acceptors (Lipinski definition) is 7. The summed E-state index contributed by atoms with van der Waals surface area (Å²) in [5, 5.41) is 15.7. The minimum absolute atomic E-state index is 0.317. The molecule has 22 heavy (non-hydrogen) atoms. The molecule has 7 nitrogen and oxygen atoms in total. The maximum atomic E-state index is 5.85. The van der Waals surface area contributed by atoms with E-state index in [2.05, 4.69) is 26.9 Å². The van der Waals surface area contributed by atoms with Crippen molar-refractivity contribution < 1.29 is 9.47 Å². The molecule has 118 valence electrons. The Bertz CT molecular complexity index is 633. The third-order valence-corrected chi connectivity index (χ3v) is 4.54. The number of para-hydroxylation sites is 1. The molecule has 1 aromatic heterocycles. The monoisotopic (exact) mass is 321 g/mol. The molecule has 0 aliphatic carbocycles. The van der Waals surface area contributed by atoms with Gasteiger partial charge in [0.15, 0.2) is 11.5 Å². The molecule has 8 heteroatoms. The molecule has 2 heterocycles. The average Bonchev–Trinajstić information content (AvgIpc) is 2.96. The van der Waals surface area contributed by atoms with Crippen LogP contribution in [-0.4, -0.2) is 52.3 Å². The predicted octanol–water partition coefficient (Wildman–Crippen LogP) is 0.904. The lowest BCUT2D eigenvalue weighted by atomic mass is 10.0. The molecular formula is C14H19N5O2S. The fourth-order valence-corrected chi connectivity index (χ4v) is 3.15. The molecule has 3 rings (SSSR count). The van der Waals surface area contributed by atoms with Crippen molar-refractivity contribution in [2.75, 3.05) is 26.0 Å². The number of aromatic nitrogens is 4. The van der Waals surface area contributed by atoms with Crippen molar-refractivity contribution >= 4 is 11.8 Å². The molecule has 1 aliphatic rings. The van der Waals surface area contributed by atoms with Crippen LogP contribution >= 0.6 is 11.8 Å². The Morgan fingerprint density at radius 3 is 3.18 bits per heavy atom. The van der Waals surface area contributed by atoms with Gasteiger partial charge in [-0.2, -0.15) is 0 Å². The first-order valence-electron chi connectivity index (χ1n) is 7.15. The van der Waals surface area contributed by atoms with E-state index in [9.17, 15) is 0 Å². The summed E-state index contributed by atoms with van der Waals surface area (Å²) in [5.74, 6) is 2.60. The van der Waals surface area contributed by atoms with Crippen molar-refractivity contribution in [2.24, 2.45) is 7.05 Å². The summed E-state index contributed by atoms with van der Waals surface area (Å²) in [4.78, 5) is 0. The number of rotatable bonds is 6. The van der Waals surface area contributed by atoms with E-state index in [1.165, 1.54) is 5.56 Å². The van der Waals surface area contributed by atoms with Crippen molar-refractivity contribution in [3.8, 4) is 11.5 Å². The maximum absolute atomic E-state index is 5.85. The van der Waals surface area contributed by atoms with E-state index in [1.807, 2.05) is 19.2 Å². The summed E-state index contributed by atoms with van der Waals surface area (Å²) < 4.78 is 12.9. The predicted molar refractivity (Wildman–Crippen MR) is 83.5 cm³/mol. The van der Waals surface area contributed by atoms with E-state index in [0.717, 1.165) is 35.4 Å². The number of tetrazole rings is 1. The molecular weight excluding hydrogens is 302 g/mol. The van der Waals surface area contributed by atoms with Gasteiger partial charge in [0.05, 0.1) is 7.11 Å². The number of aryl methyl sites for hydroxylation is 1. The highest BCUT2D eigenvalue weighted by molar-refractivity contribution is 7.99. The molecule has 1 aromatic carbocycles. The number of thioether (sulfide) groups is 1. The van der Waals surface area contributed by atoms with Gasteiger partial charge in [0.2, 0.25) is 5.16 Å². The van der Waals surface area contributed by atoms with E-state index < -0.39 is 0 Å². The second-order valence-corrected chi connectivity index (χ2v) is 6.11. The van der Waals surface area contributed by atoms with E-state index in [1.54, 1.807) is 23.6 Å². The molecule has 0 radical (unpaired) electrons. The highest BCUT2D eigenvalue weighted by Crippen LogP contribution is 2.34. The number of methoxy groups -OCH3 is 1. The van der Waals surface area contributed by atoms with Gasteiger partial charge in [-0.1, -0.05) is 23.9 Å². The Kier molecular flexibility index (Phi) is 4.79. The Morgan fingerprint density at radius 1 is 1.50 bits per heavy atom. The molecule has 0 fully saturated rings. The van der Waals surface area contributed by atoms with Crippen molar-refractivity contribution in [3.63, 3.8) is 0 Å². The molecule has 0 saturated carbocycles. The normalized spacial score (nSPS) is 16.9. The van der Waals surface area contributed by atoms with Crippen molar-refractivity contribution in [1.29, 1.82) is 0 Å². The van der Waals surface area contributed by atoms with Gasteiger partial charge in [-0.15, -0.1) is 5.10 Å². The fraction of sp³-hybridized carbons (Fsp3) is 0.500. The molecule has 0 saturated heterocycles. The molecule has 1 aliphatic heterocycles. The van der Waals surface area contributed by atoms with Gasteiger partial charge in [-0.05, 0) is 28.5 Å². The topological polar surface area (TPSA) is 74.1 Å². The molecule has 1 atom stereocenters. The van der Waals surface area contributed by atoms with E-state index >= 15 is 0 Å². The summed E-state index contributed by atoms with van der Waals surface area (Å²) >= 11 is 1.64. The summed E-state index contributed by atoms with van der Waals surface area (Å²) in [6.07, 6.45) is 0.947. The first kappa shape index (κ1) is 15.1. The minimum atomic E-state index is 0.317. The zero-order chi connectivity index (χ0) is 15.4. The molecule has 0 amide bonds. The van der Waals surface area contributed by atoms with Crippen LogP contribution in [0.2, 0.25) is 0 Å². The van der Waals surface area contributed by atoms with Crippen LogP contribution in [-0.2, 0) is 13.5 Å². The third-order valence-electron chi connectivity index (χ3n) is 3.52. The Morgan fingerprint density at radius 2 is 2.41 bits per heavy atom. The van der Waals surface area contributed by atoms with E-state index in [4.69, 9.17) is 9.47 Å². The summed E-state index contributed by atoms with van der Waals surface area (Å²) in [5.41, 5.74) is 1.19. The Hall–Kier alpha value is -1.80. The summed E-state index contributed by atoms with van der Waals surface area (Å²) in [6.45, 7) is 1.54. The summed E-state index contributed by atoms with van der Waals surface area (Å²) in [6, 6.07) is 6.34. The molecule has 2 aromatic rings. The second-order valence-electron chi connectivity index (χ2n) is 5.05. The van der Waals surface area contributed by atoms with Crippen LogP contribution in [0.5, 0.6) is 11.5 Å². The highest BCUT2D eigenvalue weighted by Gasteiger charge is 2.22. The van der Waals surface area contributed by atoms with E-state index in [-0.39, 0.29) is 0 Å². The number of fused-ring (bicyclic) bond motifs is 1. The average molecular weight is 321 g/mol. The summed E-state index contributed by atoms with van der Waals surface area (Å²) in [7, 11) is 3.51. The highest BCUT2D eigenvalue weighted by atomic mass is 32.2. The van der Waals surface area contributed by atoms with Crippen LogP contribution < -0.4 is 14.8 Å². The van der Waals surface area contributed by atoms with Crippen LogP contribution in [0.4, 0.5) is 0 Å². The second kappa shape index (κ2) is 6.97. The number of nitrogens with zero attached hydrogens (tertiary/aromatic N) is 4. The first-order chi connectivity index (χ1) is 10.8. The van der Waals surface area contributed by atoms with Gasteiger partial charge in [0.25, 0.3) is 0 Å². The van der Waals surface area contributed by atoms with Crippen molar-refractivity contribution in [3.05, 3.63) is 23.8 Å². The SMILES string of the molecule is COc1cccc2c1OC[C@H](NCCSc1nnnn1C)C2. The lowest BCUT2D eigenvalue weighted by Crippen LogP contribution is -2.40. The number of hydrogen-bond donors (Lipinski definition) is 1. The lowest BCUT2D eigenvalue weighted by molar-refractivity contribution is 0.229. The van der Waals surface area contributed by atoms with Gasteiger partial charge in [-0.3, -0.25) is 0 Å². The lowest BCUT2D eigenvalue weighted by Gasteiger charge is -2.27. The number of nitrogens with one attached hydrogen (secondary N) is 1. The zero-order valence-electron chi connectivity index (χ0n) is 12.7. The Labute approximate surface area is 133 Å². The largest absolute Gasteiger partial charge is 0.493 e. The Balaban J connectivity index is 1.48. The van der Waals surface area contributed by atoms with Gasteiger partial charge in [0, 0.05) is 25.4 Å². The maximum Gasteiger partial charge on any atom is 0.209 e. The number of benzene rings is 1. The third kappa shape index (κ3) is 3.33. The van der Waals surface area contributed by atoms with Crippen LogP contribution in [0.15, 0.2) is 23.4 Å². The first-order valence-corrected chi connectivity index (χ1v) is 8.13. The number of ether oxygens (including phenoxy) is 2. The quantitative estimate of drug-likeness (QED) is 0.626. The van der Waals surface area contributed by atoms with Crippen molar-refractivity contribution in [2.45, 2.75) is 17.6 Å². The standard InChI is InChI=1S/C14H19N5O2S/c1-19-14(16-17-18-19)22-7-6-15-11-8-10-4-3-5-12(20-2)13(10)21-9-11/h3-5,11,15H,6-9H2,1-2H3/t11-/m1/s1. The van der Waals surface area contributed by atoms with Crippen LogP contribution in [0.1, 0.15) is 5.56 Å². The van der Waals surface area contributed by atoms with Crippen LogP contribution in [0, 0.1) is 0 Å². The van der Waals surface area contributed by atoms with E-state index in [0.29, 0.717) is 12.6 Å². The van der Waals surface area contributed by atoms with Gasteiger partial charge in [-0.25, -0.2) is 4.68 Å². The van der Waals surface area contributed by atoms with Gasteiger partial charge in [0.1, 0.15) is 6.61 Å². The van der Waals surface area contributed by atoms with Gasteiger partial charge >= 0.3 is 0 Å². The molecule has 0 unspecified atom stereocenters. The van der Waals surface area contributed by atoms with Crippen LogP contribution in [0.3, 0.4) is 0 Å². The zero-order valence-corrected chi connectivity index (χ0v) is 13.5. The fourth-order valence-electron chi connectivity index (χ4n) is 2.43. The van der Waals surface area contributed by atoms with Gasteiger partial charge < -0.3 is 14.8 Å².